The van der Waals surface area contributed by atoms with Crippen LogP contribution in [0.1, 0.15) is 26.2 Å². The van der Waals surface area contributed by atoms with Crippen molar-refractivity contribution in [2.24, 2.45) is 5.73 Å². The standard InChI is InChI=1S/C4H6O4.C3H9NO2/c5-3(6)1-2-4(7)8;1-2-3(4,5)6/h1-2H2,(H,5,6)(H,7,8);5-6H,2,4H2,1H3. The fraction of sp³-hybridized carbons (Fsp3) is 0.714. The van der Waals surface area contributed by atoms with Crippen molar-refractivity contribution < 1.29 is 30.0 Å². The summed E-state index contributed by atoms with van der Waals surface area (Å²) in [5.74, 6) is -4.11. The van der Waals surface area contributed by atoms with Crippen molar-refractivity contribution in [3.8, 4) is 0 Å². The van der Waals surface area contributed by atoms with E-state index in [1.54, 1.807) is 6.92 Å². The maximum absolute atomic E-state index is 9.64. The summed E-state index contributed by atoms with van der Waals surface area (Å²) in [4.78, 5) is 19.3. The Morgan fingerprint density at radius 2 is 1.36 bits per heavy atom. The molecule has 0 saturated carbocycles. The second kappa shape index (κ2) is 7.25. The van der Waals surface area contributed by atoms with Crippen molar-refractivity contribution in [2.75, 3.05) is 0 Å². The Labute approximate surface area is 80.8 Å². The van der Waals surface area contributed by atoms with Crippen molar-refractivity contribution >= 4 is 11.9 Å². The Balaban J connectivity index is 0. The molecule has 0 aromatic carbocycles. The predicted molar refractivity (Wildman–Crippen MR) is 46.2 cm³/mol. The summed E-state index contributed by atoms with van der Waals surface area (Å²) in [5, 5.41) is 32.1. The van der Waals surface area contributed by atoms with Crippen molar-refractivity contribution in [1.82, 2.24) is 0 Å². The van der Waals surface area contributed by atoms with E-state index in [1.165, 1.54) is 0 Å². The minimum Gasteiger partial charge on any atom is -0.481 e. The molecule has 0 saturated heterocycles. The molecule has 0 unspecified atom stereocenters. The van der Waals surface area contributed by atoms with Gasteiger partial charge in [-0.3, -0.25) is 15.3 Å². The van der Waals surface area contributed by atoms with E-state index in [1.807, 2.05) is 0 Å². The molecule has 0 fully saturated rings. The number of rotatable bonds is 4. The molecule has 0 aromatic heterocycles. The van der Waals surface area contributed by atoms with Crippen LogP contribution in [0.5, 0.6) is 0 Å². The number of aliphatic carboxylic acids is 2. The lowest BCUT2D eigenvalue weighted by atomic mass is 10.3. The topological polar surface area (TPSA) is 141 Å². The summed E-state index contributed by atoms with van der Waals surface area (Å²) in [5.41, 5.74) is 4.65. The Kier molecular flexibility index (Phi) is 7.92. The highest BCUT2D eigenvalue weighted by molar-refractivity contribution is 5.75. The predicted octanol–water partition coefficient (Wildman–Crippen LogP) is -1.07. The monoisotopic (exact) mass is 209 g/mol. The van der Waals surface area contributed by atoms with Crippen LogP contribution in [0.15, 0.2) is 0 Å². The Hall–Kier alpha value is -1.18. The second-order valence-corrected chi connectivity index (χ2v) is 2.52. The van der Waals surface area contributed by atoms with Gasteiger partial charge < -0.3 is 20.4 Å². The zero-order valence-electron chi connectivity index (χ0n) is 7.80. The molecule has 0 aromatic rings. The average molecular weight is 209 g/mol. The van der Waals surface area contributed by atoms with E-state index in [2.05, 4.69) is 5.73 Å². The van der Waals surface area contributed by atoms with Crippen LogP contribution in [0, 0.1) is 0 Å². The molecule has 0 heterocycles. The SMILES string of the molecule is CCC(N)(O)O.O=C(O)CCC(=O)O. The third-order valence-corrected chi connectivity index (χ3v) is 1.07. The van der Waals surface area contributed by atoms with Gasteiger partial charge in [0.1, 0.15) is 0 Å². The molecule has 7 heteroatoms. The molecule has 84 valence electrons. The molecule has 14 heavy (non-hydrogen) atoms. The number of carboxylic acid groups (broad SMARTS) is 2. The highest BCUT2D eigenvalue weighted by Crippen LogP contribution is 1.90. The first-order valence-electron chi connectivity index (χ1n) is 3.86. The van der Waals surface area contributed by atoms with E-state index in [0.717, 1.165) is 0 Å². The van der Waals surface area contributed by atoms with E-state index in [4.69, 9.17) is 20.4 Å². The first-order valence-corrected chi connectivity index (χ1v) is 3.86. The highest BCUT2D eigenvalue weighted by atomic mass is 16.5. The molecule has 0 radical (unpaired) electrons. The molecule has 0 atom stereocenters. The normalized spacial score (nSPS) is 10.0. The van der Waals surface area contributed by atoms with Crippen LogP contribution < -0.4 is 5.73 Å². The van der Waals surface area contributed by atoms with Gasteiger partial charge in [-0.2, -0.15) is 0 Å². The van der Waals surface area contributed by atoms with Crippen LogP contribution >= 0.6 is 0 Å². The number of carboxylic acids is 2. The molecular formula is C7H15NO6. The maximum Gasteiger partial charge on any atom is 0.303 e. The minimum atomic E-state index is -1.96. The molecule has 0 amide bonds. The van der Waals surface area contributed by atoms with Crippen LogP contribution in [0.3, 0.4) is 0 Å². The van der Waals surface area contributed by atoms with Crippen molar-refractivity contribution in [3.63, 3.8) is 0 Å². The van der Waals surface area contributed by atoms with Gasteiger partial charge in [0.2, 0.25) is 5.91 Å². The van der Waals surface area contributed by atoms with Gasteiger partial charge in [0.25, 0.3) is 0 Å². The number of hydrogen-bond acceptors (Lipinski definition) is 5. The summed E-state index contributed by atoms with van der Waals surface area (Å²) in [6.45, 7) is 1.58. The first-order chi connectivity index (χ1) is 6.19. The summed E-state index contributed by atoms with van der Waals surface area (Å²) in [7, 11) is 0. The lowest BCUT2D eigenvalue weighted by molar-refractivity contribution is -0.156. The van der Waals surface area contributed by atoms with Crippen LogP contribution in [-0.2, 0) is 9.59 Å². The number of hydrogen-bond donors (Lipinski definition) is 5. The zero-order valence-corrected chi connectivity index (χ0v) is 7.80. The van der Waals surface area contributed by atoms with Gasteiger partial charge >= 0.3 is 11.9 Å². The molecular weight excluding hydrogens is 194 g/mol. The van der Waals surface area contributed by atoms with Crippen LogP contribution in [-0.4, -0.2) is 38.3 Å². The molecule has 0 bridgehead atoms. The summed E-state index contributed by atoms with van der Waals surface area (Å²) in [6.07, 6.45) is -0.433. The van der Waals surface area contributed by atoms with E-state index in [0.29, 0.717) is 0 Å². The Bertz CT molecular complexity index is 171. The smallest absolute Gasteiger partial charge is 0.303 e. The van der Waals surface area contributed by atoms with E-state index < -0.39 is 17.8 Å². The van der Waals surface area contributed by atoms with Crippen molar-refractivity contribution in [3.05, 3.63) is 0 Å². The molecule has 0 aliphatic carbocycles. The number of nitrogens with two attached hydrogens (primary N) is 1. The highest BCUT2D eigenvalue weighted by Gasteiger charge is 2.09. The summed E-state index contributed by atoms with van der Waals surface area (Å²) < 4.78 is 0. The van der Waals surface area contributed by atoms with Crippen molar-refractivity contribution in [2.45, 2.75) is 32.1 Å². The van der Waals surface area contributed by atoms with Crippen LogP contribution in [0.2, 0.25) is 0 Å². The molecule has 6 N–H and O–H groups in total. The van der Waals surface area contributed by atoms with Crippen LogP contribution in [0.4, 0.5) is 0 Å². The lowest BCUT2D eigenvalue weighted by Crippen LogP contribution is -2.37. The number of aliphatic hydroxyl groups is 2. The fourth-order valence-electron chi connectivity index (χ4n) is 0.214. The van der Waals surface area contributed by atoms with E-state index in [-0.39, 0.29) is 19.3 Å². The average Bonchev–Trinajstić information content (AvgIpc) is 2.01. The van der Waals surface area contributed by atoms with Gasteiger partial charge in [0, 0.05) is 6.42 Å². The Morgan fingerprint density at radius 3 is 1.43 bits per heavy atom. The minimum absolute atomic E-state index is 0.160. The lowest BCUT2D eigenvalue weighted by Gasteiger charge is -2.10. The molecule has 0 spiro atoms. The quantitative estimate of drug-likeness (QED) is 0.371. The first kappa shape index (κ1) is 15.3. The second-order valence-electron chi connectivity index (χ2n) is 2.52. The van der Waals surface area contributed by atoms with Gasteiger partial charge in [0.05, 0.1) is 12.8 Å². The zero-order chi connectivity index (χ0) is 11.8. The maximum atomic E-state index is 9.64. The largest absolute Gasteiger partial charge is 0.481 e. The molecule has 0 aliphatic heterocycles. The number of carbonyl (C=O) groups is 2. The van der Waals surface area contributed by atoms with Gasteiger partial charge in [-0.15, -0.1) is 0 Å². The fourth-order valence-corrected chi connectivity index (χ4v) is 0.214. The third-order valence-electron chi connectivity index (χ3n) is 1.07. The van der Waals surface area contributed by atoms with Crippen molar-refractivity contribution in [1.29, 1.82) is 0 Å². The van der Waals surface area contributed by atoms with Gasteiger partial charge in [-0.25, -0.2) is 0 Å². The molecule has 0 rings (SSSR count). The summed E-state index contributed by atoms with van der Waals surface area (Å²) in [6, 6.07) is 0. The molecule has 0 aliphatic rings. The van der Waals surface area contributed by atoms with E-state index >= 15 is 0 Å². The summed E-state index contributed by atoms with van der Waals surface area (Å²) >= 11 is 0. The Morgan fingerprint density at radius 1 is 1.14 bits per heavy atom. The van der Waals surface area contributed by atoms with Crippen LogP contribution in [0.25, 0.3) is 0 Å². The van der Waals surface area contributed by atoms with E-state index in [9.17, 15) is 9.59 Å². The van der Waals surface area contributed by atoms with Gasteiger partial charge in [-0.1, -0.05) is 6.92 Å². The van der Waals surface area contributed by atoms with Gasteiger partial charge in [0.15, 0.2) is 0 Å². The molecule has 7 nitrogen and oxygen atoms in total. The van der Waals surface area contributed by atoms with Gasteiger partial charge in [-0.05, 0) is 0 Å². The third kappa shape index (κ3) is 22.4.